The molecular weight excluding hydrogens is 184 g/mol. The second-order valence-electron chi connectivity index (χ2n) is 5.27. The molecule has 1 aliphatic carbocycles. The van der Waals surface area contributed by atoms with Gasteiger partial charge in [0.1, 0.15) is 5.82 Å². The van der Waals surface area contributed by atoms with Gasteiger partial charge < -0.3 is 4.98 Å². The minimum absolute atomic E-state index is 0.665. The third-order valence-electron chi connectivity index (χ3n) is 3.35. The quantitative estimate of drug-likeness (QED) is 0.806. The predicted molar refractivity (Wildman–Crippen MR) is 63.1 cm³/mol. The van der Waals surface area contributed by atoms with Crippen LogP contribution in [-0.4, -0.2) is 9.97 Å². The summed E-state index contributed by atoms with van der Waals surface area (Å²) in [5.74, 6) is 2.64. The van der Waals surface area contributed by atoms with Crippen LogP contribution in [0.1, 0.15) is 63.2 Å². The van der Waals surface area contributed by atoms with E-state index in [9.17, 15) is 0 Å². The van der Waals surface area contributed by atoms with Gasteiger partial charge in [0, 0.05) is 18.0 Å². The van der Waals surface area contributed by atoms with Crippen molar-refractivity contribution in [2.24, 2.45) is 5.92 Å². The van der Waals surface area contributed by atoms with Gasteiger partial charge in [0.25, 0.3) is 0 Å². The highest BCUT2D eigenvalue weighted by Crippen LogP contribution is 2.29. The third-order valence-corrected chi connectivity index (χ3v) is 3.35. The van der Waals surface area contributed by atoms with Gasteiger partial charge in [-0.15, -0.1) is 0 Å². The molecule has 1 atom stereocenters. The van der Waals surface area contributed by atoms with Gasteiger partial charge in [0.05, 0.1) is 5.69 Å². The van der Waals surface area contributed by atoms with Gasteiger partial charge in [0.15, 0.2) is 0 Å². The number of nitrogens with zero attached hydrogens (tertiary/aromatic N) is 1. The molecule has 0 amide bonds. The number of rotatable bonds is 3. The molecule has 0 bridgehead atoms. The molecule has 15 heavy (non-hydrogen) atoms. The van der Waals surface area contributed by atoms with Crippen molar-refractivity contribution >= 4 is 0 Å². The van der Waals surface area contributed by atoms with Gasteiger partial charge in [-0.3, -0.25) is 0 Å². The van der Waals surface area contributed by atoms with E-state index in [0.717, 1.165) is 12.3 Å². The van der Waals surface area contributed by atoms with Crippen LogP contribution in [0.3, 0.4) is 0 Å². The van der Waals surface area contributed by atoms with Crippen LogP contribution >= 0.6 is 0 Å². The van der Waals surface area contributed by atoms with E-state index in [1.165, 1.54) is 42.9 Å². The maximum atomic E-state index is 4.75. The number of aryl methyl sites for hydroxylation is 2. The van der Waals surface area contributed by atoms with E-state index in [2.05, 4.69) is 25.8 Å². The number of imidazole rings is 1. The van der Waals surface area contributed by atoms with Crippen LogP contribution in [0.4, 0.5) is 0 Å². The van der Waals surface area contributed by atoms with Crippen molar-refractivity contribution in [2.75, 3.05) is 0 Å². The topological polar surface area (TPSA) is 28.7 Å². The number of aromatic amines is 1. The van der Waals surface area contributed by atoms with Crippen molar-refractivity contribution < 1.29 is 0 Å². The molecule has 1 aromatic heterocycles. The number of H-pyrrole nitrogens is 1. The Kier molecular flexibility index (Phi) is 3.13. The lowest BCUT2D eigenvalue weighted by atomic mass is 9.92. The van der Waals surface area contributed by atoms with Crippen LogP contribution in [0.2, 0.25) is 0 Å². The molecular formula is C13H22N2. The number of fused-ring (bicyclic) bond motifs is 1. The van der Waals surface area contributed by atoms with Crippen molar-refractivity contribution in [2.45, 2.75) is 58.8 Å². The SMILES string of the molecule is CC(C)CCc1nc2c([nH]1)CCCC2C. The van der Waals surface area contributed by atoms with Crippen LogP contribution < -0.4 is 0 Å². The van der Waals surface area contributed by atoms with Crippen molar-refractivity contribution in [3.63, 3.8) is 0 Å². The second-order valence-corrected chi connectivity index (χ2v) is 5.27. The first-order chi connectivity index (χ1) is 7.16. The Labute approximate surface area is 92.5 Å². The molecule has 1 heterocycles. The zero-order chi connectivity index (χ0) is 10.8. The summed E-state index contributed by atoms with van der Waals surface area (Å²) in [6.45, 7) is 6.84. The van der Waals surface area contributed by atoms with Crippen LogP contribution in [0.5, 0.6) is 0 Å². The Balaban J connectivity index is 2.08. The van der Waals surface area contributed by atoms with E-state index in [1.807, 2.05) is 0 Å². The van der Waals surface area contributed by atoms with E-state index >= 15 is 0 Å². The standard InChI is InChI=1S/C13H22N2/c1-9(2)7-8-12-14-11-6-4-5-10(3)13(11)15-12/h9-10H,4-8H2,1-3H3,(H,14,15). The lowest BCUT2D eigenvalue weighted by Gasteiger charge is -2.15. The van der Waals surface area contributed by atoms with Gasteiger partial charge in [-0.1, -0.05) is 20.8 Å². The molecule has 0 radical (unpaired) electrons. The fourth-order valence-corrected chi connectivity index (χ4v) is 2.34. The first kappa shape index (κ1) is 10.7. The molecule has 0 spiro atoms. The Bertz CT molecular complexity index is 325. The van der Waals surface area contributed by atoms with Crippen LogP contribution in [0.15, 0.2) is 0 Å². The largest absolute Gasteiger partial charge is 0.346 e. The molecule has 0 fully saturated rings. The summed E-state index contributed by atoms with van der Waals surface area (Å²) in [7, 11) is 0. The first-order valence-corrected chi connectivity index (χ1v) is 6.24. The summed E-state index contributed by atoms with van der Waals surface area (Å²) >= 11 is 0. The summed E-state index contributed by atoms with van der Waals surface area (Å²) in [5.41, 5.74) is 2.76. The van der Waals surface area contributed by atoms with Gasteiger partial charge in [-0.05, 0) is 31.6 Å². The first-order valence-electron chi connectivity index (χ1n) is 6.24. The summed E-state index contributed by atoms with van der Waals surface area (Å²) in [6, 6.07) is 0. The highest BCUT2D eigenvalue weighted by atomic mass is 14.9. The summed E-state index contributed by atoms with van der Waals surface area (Å²) < 4.78 is 0. The zero-order valence-electron chi connectivity index (χ0n) is 10.1. The molecule has 1 unspecified atom stereocenters. The summed E-state index contributed by atoms with van der Waals surface area (Å²) in [5, 5.41) is 0. The van der Waals surface area contributed by atoms with E-state index in [-0.39, 0.29) is 0 Å². The monoisotopic (exact) mass is 206 g/mol. The van der Waals surface area contributed by atoms with Gasteiger partial charge in [-0.25, -0.2) is 4.98 Å². The molecule has 84 valence electrons. The van der Waals surface area contributed by atoms with Crippen molar-refractivity contribution in [1.29, 1.82) is 0 Å². The smallest absolute Gasteiger partial charge is 0.106 e. The molecule has 1 aliphatic rings. The maximum absolute atomic E-state index is 4.75. The van der Waals surface area contributed by atoms with Gasteiger partial charge in [0.2, 0.25) is 0 Å². The molecule has 2 rings (SSSR count). The highest BCUT2D eigenvalue weighted by Gasteiger charge is 2.20. The number of hydrogen-bond acceptors (Lipinski definition) is 1. The summed E-state index contributed by atoms with van der Waals surface area (Å²) in [6.07, 6.45) is 6.17. The average molecular weight is 206 g/mol. The maximum Gasteiger partial charge on any atom is 0.106 e. The Hall–Kier alpha value is -0.790. The Morgan fingerprint density at radius 3 is 2.93 bits per heavy atom. The number of hydrogen-bond donors (Lipinski definition) is 1. The van der Waals surface area contributed by atoms with Crippen LogP contribution in [0.25, 0.3) is 0 Å². The Morgan fingerprint density at radius 1 is 1.47 bits per heavy atom. The van der Waals surface area contributed by atoms with Gasteiger partial charge in [-0.2, -0.15) is 0 Å². The van der Waals surface area contributed by atoms with Gasteiger partial charge >= 0.3 is 0 Å². The van der Waals surface area contributed by atoms with Crippen LogP contribution in [0, 0.1) is 5.92 Å². The predicted octanol–water partition coefficient (Wildman–Crippen LogP) is 3.44. The fourth-order valence-electron chi connectivity index (χ4n) is 2.34. The van der Waals surface area contributed by atoms with Crippen molar-refractivity contribution in [3.05, 3.63) is 17.2 Å². The second kappa shape index (κ2) is 4.38. The van der Waals surface area contributed by atoms with E-state index in [1.54, 1.807) is 0 Å². The fraction of sp³-hybridized carbons (Fsp3) is 0.769. The molecule has 0 saturated carbocycles. The highest BCUT2D eigenvalue weighted by molar-refractivity contribution is 5.21. The average Bonchev–Trinajstić information content (AvgIpc) is 2.59. The number of nitrogens with one attached hydrogen (secondary N) is 1. The van der Waals surface area contributed by atoms with Crippen LogP contribution in [-0.2, 0) is 12.8 Å². The molecule has 0 aromatic carbocycles. The molecule has 0 aliphatic heterocycles. The van der Waals surface area contributed by atoms with Crippen molar-refractivity contribution in [1.82, 2.24) is 9.97 Å². The van der Waals surface area contributed by atoms with E-state index in [0.29, 0.717) is 5.92 Å². The molecule has 2 heteroatoms. The van der Waals surface area contributed by atoms with E-state index in [4.69, 9.17) is 4.98 Å². The Morgan fingerprint density at radius 2 is 2.27 bits per heavy atom. The zero-order valence-corrected chi connectivity index (χ0v) is 10.1. The summed E-state index contributed by atoms with van der Waals surface area (Å²) in [4.78, 5) is 8.26. The minimum Gasteiger partial charge on any atom is -0.346 e. The molecule has 2 nitrogen and oxygen atoms in total. The number of aromatic nitrogens is 2. The lowest BCUT2D eigenvalue weighted by molar-refractivity contribution is 0.571. The molecule has 1 aromatic rings. The normalized spacial score (nSPS) is 20.7. The minimum atomic E-state index is 0.665. The molecule has 0 saturated heterocycles. The third kappa shape index (κ3) is 2.42. The lowest BCUT2D eigenvalue weighted by Crippen LogP contribution is -2.05. The molecule has 1 N–H and O–H groups in total. The van der Waals surface area contributed by atoms with E-state index < -0.39 is 0 Å². The van der Waals surface area contributed by atoms with Crippen molar-refractivity contribution in [3.8, 4) is 0 Å².